The zero-order chi connectivity index (χ0) is 38.6. The molecule has 0 aliphatic heterocycles. The van der Waals surface area contributed by atoms with Crippen LogP contribution in [0.1, 0.15) is 25.3 Å². The van der Waals surface area contributed by atoms with Crippen LogP contribution in [0.5, 0.6) is 0 Å². The maximum Gasteiger partial charge on any atom is 0.121 e. The Labute approximate surface area is 350 Å². The molecule has 0 bridgehead atoms. The maximum absolute atomic E-state index is 6.44. The second-order valence-corrected chi connectivity index (χ2v) is 20.6. The summed E-state index contributed by atoms with van der Waals surface area (Å²) in [6, 6.07) is 61.5. The standard InChI is InChI=1S/C32H24NO.C20H20NSi.Ir/c1-21(2)23-16-17-33-30(19-23)29-13-7-12-28-27-15-14-26(20-31(27)34-32(28)29)25-11-6-10-24(18-25)22-8-4-3-5-9-22;1-22(2,3)19-12-13-20(21-15-19)18-11-7-10-17(14-18)16-8-5-4-6-9-16;/h3-12,14-21H,1-2H3;4-10,12-15H,1-3H3;/q2*-1;. The van der Waals surface area contributed by atoms with Crippen LogP contribution in [-0.2, 0) is 20.1 Å². The summed E-state index contributed by atoms with van der Waals surface area (Å²) in [6.07, 6.45) is 3.91. The van der Waals surface area contributed by atoms with Gasteiger partial charge >= 0.3 is 0 Å². The van der Waals surface area contributed by atoms with Gasteiger partial charge in [0.1, 0.15) is 5.58 Å². The van der Waals surface area contributed by atoms with E-state index < -0.39 is 8.07 Å². The predicted molar refractivity (Wildman–Crippen MR) is 238 cm³/mol. The van der Waals surface area contributed by atoms with Gasteiger partial charge in [0.2, 0.25) is 0 Å². The summed E-state index contributed by atoms with van der Waals surface area (Å²) in [4.78, 5) is 9.28. The summed E-state index contributed by atoms with van der Waals surface area (Å²) in [6.45, 7) is 11.4. The fraction of sp³-hybridized carbons (Fsp3) is 0.115. The molecule has 9 aromatic rings. The van der Waals surface area contributed by atoms with Gasteiger partial charge in [-0.15, -0.1) is 53.6 Å². The monoisotopic (exact) mass is 933 g/mol. The van der Waals surface area contributed by atoms with Crippen molar-refractivity contribution in [2.24, 2.45) is 0 Å². The van der Waals surface area contributed by atoms with Crippen molar-refractivity contribution in [3.05, 3.63) is 188 Å². The molecule has 5 heteroatoms. The number of fused-ring (bicyclic) bond motifs is 3. The minimum Gasteiger partial charge on any atom is -0.501 e. The van der Waals surface area contributed by atoms with Gasteiger partial charge in [0, 0.05) is 37.9 Å². The molecule has 1 radical (unpaired) electrons. The summed E-state index contributed by atoms with van der Waals surface area (Å²) in [5, 5.41) is 3.58. The Morgan fingerprint density at radius 2 is 1.19 bits per heavy atom. The predicted octanol–water partition coefficient (Wildman–Crippen LogP) is 13.7. The molecule has 57 heavy (non-hydrogen) atoms. The van der Waals surface area contributed by atoms with E-state index in [1.165, 1.54) is 38.6 Å². The first kappa shape index (κ1) is 39.5. The van der Waals surface area contributed by atoms with Crippen LogP contribution in [0.25, 0.3) is 77.8 Å². The molecule has 0 aliphatic carbocycles. The number of hydrogen-bond acceptors (Lipinski definition) is 3. The van der Waals surface area contributed by atoms with Crippen LogP contribution in [0.4, 0.5) is 0 Å². The van der Waals surface area contributed by atoms with E-state index in [2.05, 4.69) is 189 Å². The van der Waals surface area contributed by atoms with Gasteiger partial charge < -0.3 is 14.4 Å². The summed E-state index contributed by atoms with van der Waals surface area (Å²) in [7, 11) is -1.29. The summed E-state index contributed by atoms with van der Waals surface area (Å²) in [5.74, 6) is 0.436. The van der Waals surface area contributed by atoms with E-state index in [0.717, 1.165) is 50.0 Å². The average molecular weight is 933 g/mol. The first-order valence-corrected chi connectivity index (χ1v) is 22.7. The van der Waals surface area contributed by atoms with Crippen molar-refractivity contribution in [1.82, 2.24) is 9.97 Å². The van der Waals surface area contributed by atoms with E-state index in [-0.39, 0.29) is 20.1 Å². The van der Waals surface area contributed by atoms with Gasteiger partial charge in [0.15, 0.2) is 0 Å². The summed E-state index contributed by atoms with van der Waals surface area (Å²) < 4.78 is 6.44. The van der Waals surface area contributed by atoms with E-state index in [1.54, 1.807) is 0 Å². The number of pyridine rings is 2. The Hall–Kier alpha value is -5.71. The number of furan rings is 1. The first-order valence-electron chi connectivity index (χ1n) is 19.2. The summed E-state index contributed by atoms with van der Waals surface area (Å²) in [5.41, 5.74) is 13.9. The van der Waals surface area contributed by atoms with Crippen molar-refractivity contribution < 1.29 is 24.5 Å². The zero-order valence-electron chi connectivity index (χ0n) is 32.9. The topological polar surface area (TPSA) is 38.9 Å². The molecule has 3 heterocycles. The Balaban J connectivity index is 0.000000188. The number of hydrogen-bond donors (Lipinski definition) is 0. The smallest absolute Gasteiger partial charge is 0.121 e. The third kappa shape index (κ3) is 8.82. The molecule has 0 saturated heterocycles. The third-order valence-corrected chi connectivity index (χ3v) is 12.3. The fourth-order valence-corrected chi connectivity index (χ4v) is 8.02. The van der Waals surface area contributed by atoms with Crippen LogP contribution in [0.3, 0.4) is 0 Å². The van der Waals surface area contributed by atoms with Gasteiger partial charge in [-0.25, -0.2) is 0 Å². The molecule has 6 aromatic carbocycles. The van der Waals surface area contributed by atoms with Crippen molar-refractivity contribution in [3.63, 3.8) is 0 Å². The van der Waals surface area contributed by atoms with Crippen LogP contribution in [0.2, 0.25) is 19.6 Å². The van der Waals surface area contributed by atoms with E-state index in [9.17, 15) is 0 Å². The van der Waals surface area contributed by atoms with Gasteiger partial charge in [0.25, 0.3) is 0 Å². The number of benzene rings is 6. The van der Waals surface area contributed by atoms with Crippen molar-refractivity contribution in [2.45, 2.75) is 39.4 Å². The Kier molecular flexibility index (Phi) is 11.9. The van der Waals surface area contributed by atoms with E-state index >= 15 is 0 Å². The number of rotatable bonds is 7. The van der Waals surface area contributed by atoms with Gasteiger partial charge in [-0.3, -0.25) is 0 Å². The van der Waals surface area contributed by atoms with Crippen LogP contribution < -0.4 is 5.19 Å². The minimum atomic E-state index is -1.29. The maximum atomic E-state index is 6.44. The number of nitrogens with zero attached hydrogens (tertiary/aromatic N) is 2. The molecular formula is C52H44IrN2OSi-2. The Bertz CT molecular complexity index is 2750. The second kappa shape index (κ2) is 17.2. The third-order valence-electron chi connectivity index (χ3n) is 10.3. The van der Waals surface area contributed by atoms with E-state index in [0.29, 0.717) is 5.92 Å². The van der Waals surface area contributed by atoms with Crippen LogP contribution in [0, 0.1) is 12.1 Å². The average Bonchev–Trinajstić information content (AvgIpc) is 3.63. The van der Waals surface area contributed by atoms with Crippen LogP contribution in [-0.4, -0.2) is 18.0 Å². The first-order chi connectivity index (χ1) is 27.2. The fourth-order valence-electron chi connectivity index (χ4n) is 6.98. The molecule has 9 rings (SSSR count). The molecule has 3 nitrogen and oxygen atoms in total. The van der Waals surface area contributed by atoms with Crippen LogP contribution in [0.15, 0.2) is 175 Å². The molecule has 0 amide bonds. The van der Waals surface area contributed by atoms with Gasteiger partial charge in [-0.05, 0) is 68.5 Å². The van der Waals surface area contributed by atoms with Gasteiger partial charge in [-0.2, -0.15) is 0 Å². The minimum absolute atomic E-state index is 0. The molecule has 0 unspecified atom stereocenters. The second-order valence-electron chi connectivity index (χ2n) is 15.5. The van der Waals surface area contributed by atoms with Crippen molar-refractivity contribution in [3.8, 4) is 55.9 Å². The zero-order valence-corrected chi connectivity index (χ0v) is 36.3. The molecule has 0 spiro atoms. The quantitative estimate of drug-likeness (QED) is 0.118. The number of aromatic nitrogens is 2. The van der Waals surface area contributed by atoms with Crippen molar-refractivity contribution in [2.75, 3.05) is 0 Å². The van der Waals surface area contributed by atoms with Crippen molar-refractivity contribution >= 4 is 35.2 Å². The van der Waals surface area contributed by atoms with Crippen LogP contribution >= 0.6 is 0 Å². The Morgan fingerprint density at radius 1 is 0.544 bits per heavy atom. The SMILES string of the molecule is CC(C)c1ccnc(-c2[c-]ccc3c2oc2cc(-c4cccc(-c5ccccc5)c4)ccc23)c1.C[Si](C)(C)c1ccc(-c2[c-]ccc(-c3ccccc3)c2)nc1.[Ir]. The molecule has 283 valence electrons. The summed E-state index contributed by atoms with van der Waals surface area (Å²) >= 11 is 0. The van der Waals surface area contributed by atoms with Gasteiger partial charge in [-0.1, -0.05) is 159 Å². The normalized spacial score (nSPS) is 11.3. The molecule has 0 N–H and O–H groups in total. The molecule has 0 atom stereocenters. The largest absolute Gasteiger partial charge is 0.501 e. The van der Waals surface area contributed by atoms with E-state index in [1.807, 2.05) is 36.7 Å². The van der Waals surface area contributed by atoms with Gasteiger partial charge in [0.05, 0.1) is 13.7 Å². The molecular weight excluding hydrogens is 889 g/mol. The molecule has 3 aromatic heterocycles. The Morgan fingerprint density at radius 3 is 1.86 bits per heavy atom. The molecule has 0 saturated carbocycles. The van der Waals surface area contributed by atoms with Crippen molar-refractivity contribution in [1.29, 1.82) is 0 Å². The van der Waals surface area contributed by atoms with E-state index in [4.69, 9.17) is 4.42 Å². The molecule has 0 fully saturated rings. The molecule has 0 aliphatic rings.